The van der Waals surface area contributed by atoms with Gasteiger partial charge in [0, 0.05) is 32.9 Å². The molecule has 2 aromatic heterocycles. The molecular formula is C89H100N10O20. The molecule has 626 valence electrons. The van der Waals surface area contributed by atoms with E-state index in [0.717, 1.165) is 44.0 Å². The van der Waals surface area contributed by atoms with Gasteiger partial charge in [0.05, 0.1) is 72.5 Å². The van der Waals surface area contributed by atoms with E-state index in [1.54, 1.807) is 142 Å². The van der Waals surface area contributed by atoms with E-state index in [-0.39, 0.29) is 104 Å². The second-order valence-corrected chi connectivity index (χ2v) is 27.1. The van der Waals surface area contributed by atoms with Crippen molar-refractivity contribution in [1.29, 1.82) is 0 Å². The third kappa shape index (κ3) is 32.9. The van der Waals surface area contributed by atoms with Gasteiger partial charge in [0.2, 0.25) is 17.7 Å². The molecule has 119 heavy (non-hydrogen) atoms. The summed E-state index contributed by atoms with van der Waals surface area (Å²) in [5.74, 6) is 0.469. The molecule has 5 atom stereocenters. The Balaban J connectivity index is 0.000000233. The first-order chi connectivity index (χ1) is 56.9. The number of nitrogens with zero attached hydrogens (tertiary/aromatic N) is 4. The molecule has 0 saturated carbocycles. The largest absolute Gasteiger partial charge is 0.508 e. The summed E-state index contributed by atoms with van der Waals surface area (Å²) >= 11 is 0. The van der Waals surface area contributed by atoms with Gasteiger partial charge in [-0.1, -0.05) is 152 Å². The van der Waals surface area contributed by atoms with Crippen LogP contribution in [0.2, 0.25) is 0 Å². The number of aliphatic hydroxyl groups is 2. The van der Waals surface area contributed by atoms with Crippen molar-refractivity contribution in [1.82, 2.24) is 35.7 Å². The van der Waals surface area contributed by atoms with Crippen molar-refractivity contribution in [3.8, 4) is 17.2 Å². The minimum Gasteiger partial charge on any atom is -0.508 e. The third-order valence-electron chi connectivity index (χ3n) is 16.7. The Hall–Kier alpha value is -13.7. The summed E-state index contributed by atoms with van der Waals surface area (Å²) in [5, 5.41) is 33.6. The van der Waals surface area contributed by atoms with Crippen LogP contribution in [0, 0.1) is 13.8 Å². The standard InChI is InChI=1S/C27H24N2O5.C22H18N2O5.C12H14N2O2.C11H15NO3.C11H13NO3.C3H9NO.C3H7NO/c1-18(30)16-28-25(31)24(29-26(32)22-9-5-6-10-23(22)27(29)33)15-19-11-13-21(14-12-19)34-17-20-7-3-2-4-8-20;1-13-12-23-20(28-13)19(11-15-7-9-16(10-8-15)29-14(2)25)24-21(26)17-5-3-4-6-18(17)22(24)27;1-8-7-14-12(16-8)11(13)6-9-2-4-10(15)5-3-9;2*1-9(13)7-12-11(14)15-8-10-5-3-2-4-6-10;2*1-3(5)2-4/h2-14,24H,15-17H2,1H3,(H,28,31);3-10,12,19H,11H2,1-2H3;2-5,7,11,15H,6,13H2,1H3;2-6,9,13H,7-8H2,1H3,(H,12,14);2-6H,7-8H2,1H3,(H,12,14);3,5H,2,4H2,1H3;2,4H2,1H3/t24-;19-;11-;;;;/m000..../s1. The fraction of sp³-hybridized carbons (Fsp3) is 0.270. The lowest BCUT2D eigenvalue weighted by Gasteiger charge is -2.25. The van der Waals surface area contributed by atoms with Gasteiger partial charge in [-0.3, -0.25) is 53.0 Å². The molecule has 0 saturated heterocycles. The first kappa shape index (κ1) is 94.2. The van der Waals surface area contributed by atoms with E-state index in [1.165, 1.54) is 32.6 Å². The highest BCUT2D eigenvalue weighted by Gasteiger charge is 2.44. The number of carbonyl (C=O) groups excluding carboxylic acids is 11. The Kier molecular flexibility index (Phi) is 39.0. The van der Waals surface area contributed by atoms with Crippen LogP contribution in [0.4, 0.5) is 9.59 Å². The van der Waals surface area contributed by atoms with Gasteiger partial charge >= 0.3 is 18.2 Å². The van der Waals surface area contributed by atoms with Gasteiger partial charge < -0.3 is 76.3 Å². The van der Waals surface area contributed by atoms with Gasteiger partial charge in [0.1, 0.15) is 78.0 Å². The van der Waals surface area contributed by atoms with Crippen molar-refractivity contribution in [2.75, 3.05) is 32.7 Å². The van der Waals surface area contributed by atoms with Gasteiger partial charge in [-0.05, 0) is 149 Å². The lowest BCUT2D eigenvalue weighted by atomic mass is 10.0. The number of phenols is 1. The molecule has 2 aliphatic heterocycles. The number of alkyl carbamates (subject to hydrolysis) is 2. The zero-order valence-corrected chi connectivity index (χ0v) is 67.3. The van der Waals surface area contributed by atoms with Crippen LogP contribution < -0.4 is 42.6 Å². The summed E-state index contributed by atoms with van der Waals surface area (Å²) in [6.07, 6.45) is 2.29. The smallest absolute Gasteiger partial charge is 0.407 e. The molecule has 0 bridgehead atoms. The van der Waals surface area contributed by atoms with Crippen LogP contribution in [0.25, 0.3) is 0 Å². The average Bonchev–Trinajstić information content (AvgIpc) is 1.62. The van der Waals surface area contributed by atoms with Crippen molar-refractivity contribution in [3.05, 3.63) is 304 Å². The highest BCUT2D eigenvalue weighted by Crippen LogP contribution is 2.35. The predicted molar refractivity (Wildman–Crippen MR) is 440 cm³/mol. The number of ether oxygens (including phenoxy) is 4. The summed E-state index contributed by atoms with van der Waals surface area (Å²) in [6.45, 7) is 13.8. The molecule has 0 radical (unpaired) electrons. The molecule has 0 aliphatic carbocycles. The van der Waals surface area contributed by atoms with E-state index in [0.29, 0.717) is 66.2 Å². The lowest BCUT2D eigenvalue weighted by molar-refractivity contribution is -0.132. The zero-order valence-electron chi connectivity index (χ0n) is 67.3. The number of aromatic hydroxyl groups is 1. The molecule has 7 amide bonds. The number of oxazole rings is 2. The van der Waals surface area contributed by atoms with E-state index in [9.17, 15) is 52.7 Å². The number of hydrogen-bond acceptors (Lipinski definition) is 25. The molecule has 8 aromatic carbocycles. The lowest BCUT2D eigenvalue weighted by Crippen LogP contribution is -2.51. The number of aryl methyl sites for hydroxylation is 2. The third-order valence-corrected chi connectivity index (χ3v) is 16.7. The molecule has 10 aromatic rings. The van der Waals surface area contributed by atoms with Gasteiger partial charge in [0.25, 0.3) is 23.6 Å². The van der Waals surface area contributed by atoms with Crippen molar-refractivity contribution < 1.29 is 95.8 Å². The summed E-state index contributed by atoms with van der Waals surface area (Å²) in [4.78, 5) is 140. The number of fused-ring (bicyclic) bond motifs is 2. The number of nitrogens with one attached hydrogen (secondary N) is 3. The van der Waals surface area contributed by atoms with E-state index in [1.807, 2.05) is 110 Å². The first-order valence-corrected chi connectivity index (χ1v) is 37.7. The Morgan fingerprint density at radius 1 is 0.454 bits per heavy atom. The molecule has 12 rings (SSSR count). The second-order valence-electron chi connectivity index (χ2n) is 27.1. The zero-order chi connectivity index (χ0) is 86.9. The van der Waals surface area contributed by atoms with Crippen LogP contribution >= 0.6 is 0 Å². The van der Waals surface area contributed by atoms with Crippen LogP contribution in [-0.2, 0) is 72.5 Å². The number of amides is 7. The monoisotopic (exact) mass is 1630 g/mol. The first-order valence-electron chi connectivity index (χ1n) is 37.7. The number of carbonyl (C=O) groups is 11. The Morgan fingerprint density at radius 3 is 1.24 bits per heavy atom. The maximum absolute atomic E-state index is 13.0. The molecule has 12 N–H and O–H groups in total. The maximum atomic E-state index is 13.0. The number of ketones is 3. The summed E-state index contributed by atoms with van der Waals surface area (Å²) < 4.78 is 31.7. The average molecular weight is 1630 g/mol. The van der Waals surface area contributed by atoms with E-state index in [4.69, 9.17) is 60.3 Å². The minimum absolute atomic E-state index is 0.00756. The number of imide groups is 2. The number of aromatic nitrogens is 2. The number of Topliss-reactive ketones (excluding diaryl/α,β-unsaturated/α-hetero) is 3. The molecule has 4 heterocycles. The topological polar surface area (TPSA) is 458 Å². The van der Waals surface area contributed by atoms with E-state index in [2.05, 4.69) is 25.9 Å². The van der Waals surface area contributed by atoms with E-state index < -0.39 is 54.1 Å². The van der Waals surface area contributed by atoms with Crippen molar-refractivity contribution in [3.63, 3.8) is 0 Å². The number of phenolic OH excluding ortho intramolecular Hbond substituents is 1. The summed E-state index contributed by atoms with van der Waals surface area (Å²) in [6, 6.07) is 60.7. The number of rotatable bonds is 27. The normalized spacial score (nSPS) is 12.6. The fourth-order valence-electron chi connectivity index (χ4n) is 10.7. The Morgan fingerprint density at radius 2 is 0.832 bits per heavy atom. The fourth-order valence-corrected chi connectivity index (χ4v) is 10.7. The highest BCUT2D eigenvalue weighted by molar-refractivity contribution is 6.23. The SMILES string of the molecule is CC(=O)CN.CC(=O)CNC(=O)OCc1ccccc1.CC(=O)CNC(=O)[C@H](Cc1ccc(OCc2ccccc2)cc1)N1C(=O)c2ccccc2C1=O.CC(=O)Oc1ccc(C[C@@H](c2ncc(C)o2)N2C(=O)c3ccccc3C2=O)cc1.CC(O)CN.CC(O)CNC(=O)OCc1ccccc1.Cc1cnc([C@@H](N)Cc2ccc(O)cc2)o1. The molecule has 30 nitrogen and oxygen atoms in total. The second kappa shape index (κ2) is 49.3. The molecule has 2 aliphatic rings. The van der Waals surface area contributed by atoms with Gasteiger partial charge in [-0.15, -0.1) is 0 Å². The van der Waals surface area contributed by atoms with Crippen LogP contribution in [0.5, 0.6) is 17.2 Å². The number of aliphatic hydroxyl groups excluding tert-OH is 2. The number of hydrogen-bond donors (Lipinski definition) is 9. The van der Waals surface area contributed by atoms with Crippen molar-refractivity contribution >= 4 is 65.0 Å². The highest BCUT2D eigenvalue weighted by atomic mass is 16.6. The van der Waals surface area contributed by atoms with Crippen molar-refractivity contribution in [2.45, 2.75) is 125 Å². The number of esters is 1. The number of benzene rings is 8. The van der Waals surface area contributed by atoms with Gasteiger partial charge in [0.15, 0.2) is 0 Å². The predicted octanol–water partition coefficient (Wildman–Crippen LogP) is 10.3. The summed E-state index contributed by atoms with van der Waals surface area (Å²) in [7, 11) is 0. The van der Waals surface area contributed by atoms with Crippen LogP contribution in [0.1, 0.15) is 152 Å². The molecule has 2 unspecified atom stereocenters. The number of nitrogens with two attached hydrogens (primary N) is 3. The minimum atomic E-state index is -1.09. The van der Waals surface area contributed by atoms with Crippen molar-refractivity contribution in [2.24, 2.45) is 17.2 Å². The van der Waals surface area contributed by atoms with Crippen LogP contribution in [-0.4, -0.2) is 151 Å². The Labute approximate surface area is 689 Å². The Bertz CT molecular complexity index is 4860. The summed E-state index contributed by atoms with van der Waals surface area (Å²) in [5.41, 5.74) is 22.5. The maximum Gasteiger partial charge on any atom is 0.407 e. The molecular weight excluding hydrogens is 1530 g/mol. The molecule has 0 spiro atoms. The van der Waals surface area contributed by atoms with Gasteiger partial charge in [-0.2, -0.15) is 0 Å². The molecule has 30 heteroatoms. The van der Waals surface area contributed by atoms with E-state index >= 15 is 0 Å². The van der Waals surface area contributed by atoms with Crippen LogP contribution in [0.3, 0.4) is 0 Å². The quantitative estimate of drug-likeness (QED) is 0.0131. The van der Waals surface area contributed by atoms with Gasteiger partial charge in [-0.25, -0.2) is 19.6 Å². The molecule has 0 fully saturated rings. The van der Waals surface area contributed by atoms with Crippen LogP contribution in [0.15, 0.2) is 234 Å².